The van der Waals surface area contributed by atoms with Gasteiger partial charge in [0.2, 0.25) is 0 Å². The highest BCUT2D eigenvalue weighted by Crippen LogP contribution is 2.38. The molecule has 2 atom stereocenters. The van der Waals surface area contributed by atoms with Crippen molar-refractivity contribution in [3.63, 3.8) is 0 Å². The van der Waals surface area contributed by atoms with Crippen LogP contribution in [-0.2, 0) is 0 Å². The summed E-state index contributed by atoms with van der Waals surface area (Å²) < 4.78 is 0. The minimum Gasteiger partial charge on any atom is -0.383 e. The van der Waals surface area contributed by atoms with Crippen LogP contribution in [0.4, 0.5) is 11.6 Å². The van der Waals surface area contributed by atoms with Crippen LogP contribution in [-0.4, -0.2) is 35.6 Å². The van der Waals surface area contributed by atoms with Crippen molar-refractivity contribution in [2.45, 2.75) is 24.4 Å². The van der Waals surface area contributed by atoms with Gasteiger partial charge in [0.25, 0.3) is 0 Å². The van der Waals surface area contributed by atoms with Crippen molar-refractivity contribution in [1.29, 1.82) is 0 Å². The second kappa shape index (κ2) is 5.00. The monoisotopic (exact) mass is 278 g/mol. The van der Waals surface area contributed by atoms with Crippen LogP contribution in [0, 0.1) is 11.8 Å². The molecule has 1 aliphatic heterocycles. The number of aldehydes is 1. The van der Waals surface area contributed by atoms with E-state index in [2.05, 4.69) is 14.9 Å². The summed E-state index contributed by atoms with van der Waals surface area (Å²) in [6, 6.07) is 0. The van der Waals surface area contributed by atoms with E-state index in [1.165, 1.54) is 31.0 Å². The third-order valence-electron chi connectivity index (χ3n) is 4.14. The topological polar surface area (TPSA) is 72.1 Å². The van der Waals surface area contributed by atoms with E-state index < -0.39 is 0 Å². The summed E-state index contributed by atoms with van der Waals surface area (Å²) in [6.07, 6.45) is 6.62. The van der Waals surface area contributed by atoms with Crippen LogP contribution in [0.5, 0.6) is 0 Å². The Hall–Kier alpha value is -1.30. The summed E-state index contributed by atoms with van der Waals surface area (Å²) in [5.74, 6) is 2.50. The van der Waals surface area contributed by atoms with E-state index in [1.807, 2.05) is 6.26 Å². The molecule has 1 saturated carbocycles. The molecule has 2 N–H and O–H groups in total. The molecule has 1 saturated heterocycles. The second-order valence-electron chi connectivity index (χ2n) is 5.40. The summed E-state index contributed by atoms with van der Waals surface area (Å²) in [5, 5.41) is 0.635. The fraction of sp³-hybridized carbons (Fsp3) is 0.615. The Balaban J connectivity index is 1.98. The quantitative estimate of drug-likeness (QED) is 0.516. The first-order chi connectivity index (χ1) is 9.21. The van der Waals surface area contributed by atoms with Crippen molar-refractivity contribution >= 4 is 29.7 Å². The number of nitrogen functional groups attached to an aromatic ring is 1. The third-order valence-corrected chi connectivity index (χ3v) is 4.69. The maximum absolute atomic E-state index is 11.3. The van der Waals surface area contributed by atoms with Gasteiger partial charge >= 0.3 is 0 Å². The van der Waals surface area contributed by atoms with E-state index in [0.717, 1.165) is 37.0 Å². The molecule has 2 heterocycles. The number of nitrogens with two attached hydrogens (primary N) is 1. The molecular weight excluding hydrogens is 260 g/mol. The molecule has 2 fully saturated rings. The Morgan fingerprint density at radius 1 is 1.32 bits per heavy atom. The number of rotatable bonds is 3. The largest absolute Gasteiger partial charge is 0.383 e. The van der Waals surface area contributed by atoms with E-state index in [0.29, 0.717) is 16.5 Å². The number of hydrogen-bond acceptors (Lipinski definition) is 6. The first-order valence-electron chi connectivity index (χ1n) is 6.63. The minimum absolute atomic E-state index is 0.294. The van der Waals surface area contributed by atoms with Crippen LogP contribution in [0.2, 0.25) is 0 Å². The number of carbonyl (C=O) groups excluding carboxylic acids is 1. The minimum atomic E-state index is 0.294. The van der Waals surface area contributed by atoms with E-state index in [9.17, 15) is 4.79 Å². The van der Waals surface area contributed by atoms with Gasteiger partial charge in [0.15, 0.2) is 11.4 Å². The SMILES string of the molecule is CSc1nc(N)c(C=O)c(N2CC3CCC(C3)C2)n1. The van der Waals surface area contributed by atoms with Crippen LogP contribution in [0.25, 0.3) is 0 Å². The average Bonchev–Trinajstić information content (AvgIpc) is 2.76. The van der Waals surface area contributed by atoms with Gasteiger partial charge in [-0.2, -0.15) is 0 Å². The number of carbonyl (C=O) groups is 1. The van der Waals surface area contributed by atoms with E-state index in [-0.39, 0.29) is 0 Å². The Morgan fingerprint density at radius 2 is 2.00 bits per heavy atom. The number of nitrogens with zero attached hydrogens (tertiary/aromatic N) is 3. The molecule has 0 aromatic carbocycles. The lowest BCUT2D eigenvalue weighted by Gasteiger charge is -2.33. The number of thioether (sulfide) groups is 1. The zero-order valence-electron chi connectivity index (χ0n) is 11.0. The zero-order chi connectivity index (χ0) is 13.4. The van der Waals surface area contributed by atoms with Gasteiger partial charge in [0.05, 0.1) is 5.56 Å². The summed E-state index contributed by atoms with van der Waals surface area (Å²) in [5.41, 5.74) is 6.32. The first kappa shape index (κ1) is 12.7. The maximum atomic E-state index is 11.3. The average molecular weight is 278 g/mol. The van der Waals surface area contributed by atoms with Crippen LogP contribution in [0.15, 0.2) is 5.16 Å². The van der Waals surface area contributed by atoms with Gasteiger partial charge in [-0.15, -0.1) is 0 Å². The van der Waals surface area contributed by atoms with E-state index in [4.69, 9.17) is 5.73 Å². The predicted octanol–water partition coefficient (Wildman–Crippen LogP) is 1.83. The number of hydrogen-bond donors (Lipinski definition) is 1. The molecule has 2 unspecified atom stereocenters. The Bertz CT molecular complexity index is 496. The molecule has 3 rings (SSSR count). The molecule has 2 bridgehead atoms. The van der Waals surface area contributed by atoms with Gasteiger partial charge in [-0.05, 0) is 37.4 Å². The van der Waals surface area contributed by atoms with Gasteiger partial charge in [-0.25, -0.2) is 9.97 Å². The van der Waals surface area contributed by atoms with Gasteiger partial charge in [-0.3, -0.25) is 4.79 Å². The molecule has 0 radical (unpaired) electrons. The molecule has 1 aliphatic carbocycles. The fourth-order valence-corrected chi connectivity index (χ4v) is 3.65. The summed E-state index contributed by atoms with van der Waals surface area (Å²) in [4.78, 5) is 22.2. The number of fused-ring (bicyclic) bond motifs is 2. The molecular formula is C13H18N4OS. The predicted molar refractivity (Wildman–Crippen MR) is 76.7 cm³/mol. The highest BCUT2D eigenvalue weighted by molar-refractivity contribution is 7.98. The highest BCUT2D eigenvalue weighted by atomic mass is 32.2. The molecule has 6 heteroatoms. The number of anilines is 2. The van der Waals surface area contributed by atoms with E-state index >= 15 is 0 Å². The van der Waals surface area contributed by atoms with Gasteiger partial charge in [0, 0.05) is 13.1 Å². The summed E-state index contributed by atoms with van der Waals surface area (Å²) >= 11 is 1.45. The smallest absolute Gasteiger partial charge is 0.191 e. The van der Waals surface area contributed by atoms with Crippen LogP contribution < -0.4 is 10.6 Å². The van der Waals surface area contributed by atoms with Gasteiger partial charge in [-0.1, -0.05) is 11.8 Å². The lowest BCUT2D eigenvalue weighted by atomic mass is 9.98. The summed E-state index contributed by atoms with van der Waals surface area (Å²) in [6.45, 7) is 1.98. The van der Waals surface area contributed by atoms with Crippen molar-refractivity contribution < 1.29 is 4.79 Å². The van der Waals surface area contributed by atoms with E-state index in [1.54, 1.807) is 0 Å². The Labute approximate surface area is 117 Å². The third kappa shape index (κ3) is 2.29. The standard InChI is InChI=1S/C13H18N4OS/c1-19-13-15-11(14)10(7-18)12(16-13)17-5-8-2-3-9(4-8)6-17/h7-9H,2-6H2,1H3,(H2,14,15,16). The van der Waals surface area contributed by atoms with Crippen LogP contribution in [0.3, 0.4) is 0 Å². The molecule has 1 aromatic heterocycles. The highest BCUT2D eigenvalue weighted by Gasteiger charge is 2.34. The number of piperidine rings is 1. The molecule has 2 aliphatic rings. The Morgan fingerprint density at radius 3 is 2.58 bits per heavy atom. The second-order valence-corrected chi connectivity index (χ2v) is 6.17. The van der Waals surface area contributed by atoms with Crippen molar-refractivity contribution in [2.24, 2.45) is 11.8 Å². The van der Waals surface area contributed by atoms with Crippen molar-refractivity contribution in [3.05, 3.63) is 5.56 Å². The van der Waals surface area contributed by atoms with Gasteiger partial charge < -0.3 is 10.6 Å². The van der Waals surface area contributed by atoms with Crippen molar-refractivity contribution in [3.8, 4) is 0 Å². The number of aromatic nitrogens is 2. The van der Waals surface area contributed by atoms with Crippen LogP contribution in [0.1, 0.15) is 29.6 Å². The zero-order valence-corrected chi connectivity index (χ0v) is 11.8. The molecule has 19 heavy (non-hydrogen) atoms. The van der Waals surface area contributed by atoms with Crippen LogP contribution >= 0.6 is 11.8 Å². The lowest BCUT2D eigenvalue weighted by molar-refractivity contribution is 0.112. The normalized spacial score (nSPS) is 25.6. The van der Waals surface area contributed by atoms with Gasteiger partial charge in [0.1, 0.15) is 11.6 Å². The van der Waals surface area contributed by atoms with Crippen molar-refractivity contribution in [2.75, 3.05) is 30.0 Å². The first-order valence-corrected chi connectivity index (χ1v) is 7.85. The lowest BCUT2D eigenvalue weighted by Crippen LogP contribution is -2.37. The molecule has 1 aromatic rings. The molecule has 0 amide bonds. The Kier molecular flexibility index (Phi) is 3.35. The van der Waals surface area contributed by atoms with Crippen molar-refractivity contribution in [1.82, 2.24) is 9.97 Å². The fourth-order valence-electron chi connectivity index (χ4n) is 3.28. The molecule has 5 nitrogen and oxygen atoms in total. The molecule has 102 valence electrons. The maximum Gasteiger partial charge on any atom is 0.191 e. The molecule has 0 spiro atoms. The summed E-state index contributed by atoms with van der Waals surface area (Å²) in [7, 11) is 0.